The van der Waals surface area contributed by atoms with Gasteiger partial charge < -0.3 is 10.2 Å². The molecule has 1 amide bonds. The molecule has 0 aromatic heterocycles. The van der Waals surface area contributed by atoms with E-state index in [-0.39, 0.29) is 5.91 Å². The zero-order valence-corrected chi connectivity index (χ0v) is 13.8. The largest absolute Gasteiger partial charge is 0.356 e. The van der Waals surface area contributed by atoms with Crippen LogP contribution in [0.2, 0.25) is 0 Å². The van der Waals surface area contributed by atoms with Gasteiger partial charge in [0.05, 0.1) is 0 Å². The highest BCUT2D eigenvalue weighted by Gasteiger charge is 2.02. The summed E-state index contributed by atoms with van der Waals surface area (Å²) in [7, 11) is 4.09. The highest BCUT2D eigenvalue weighted by atomic mass is 32.2. The SMILES string of the molecule is Cc1ccc(SCCC(=O)NCCCN(C)C)cc1C. The number of carbonyl (C=O) groups excluding carboxylic acids is 1. The molecular weight excluding hydrogens is 268 g/mol. The third-order valence-electron chi connectivity index (χ3n) is 3.18. The average Bonchev–Trinajstić information content (AvgIpc) is 2.39. The summed E-state index contributed by atoms with van der Waals surface area (Å²) in [4.78, 5) is 15.0. The number of nitrogens with zero attached hydrogens (tertiary/aromatic N) is 1. The molecule has 0 bridgehead atoms. The lowest BCUT2D eigenvalue weighted by Crippen LogP contribution is -2.27. The number of hydrogen-bond donors (Lipinski definition) is 1. The van der Waals surface area contributed by atoms with Gasteiger partial charge in [-0.15, -0.1) is 11.8 Å². The topological polar surface area (TPSA) is 32.3 Å². The number of thioether (sulfide) groups is 1. The van der Waals surface area contributed by atoms with Crippen LogP contribution in [0.4, 0.5) is 0 Å². The van der Waals surface area contributed by atoms with E-state index < -0.39 is 0 Å². The first-order chi connectivity index (χ1) is 9.49. The Morgan fingerprint density at radius 2 is 2.00 bits per heavy atom. The van der Waals surface area contributed by atoms with Crippen LogP contribution in [0.3, 0.4) is 0 Å². The molecule has 0 fully saturated rings. The summed E-state index contributed by atoms with van der Waals surface area (Å²) in [5, 5.41) is 2.97. The van der Waals surface area contributed by atoms with E-state index in [1.165, 1.54) is 16.0 Å². The Bertz CT molecular complexity index is 432. The number of nitrogens with one attached hydrogen (secondary N) is 1. The number of hydrogen-bond acceptors (Lipinski definition) is 3. The summed E-state index contributed by atoms with van der Waals surface area (Å²) < 4.78 is 0. The molecule has 1 aromatic rings. The highest BCUT2D eigenvalue weighted by Crippen LogP contribution is 2.21. The Balaban J connectivity index is 2.16. The van der Waals surface area contributed by atoms with Crippen molar-refractivity contribution in [3.63, 3.8) is 0 Å². The van der Waals surface area contributed by atoms with Gasteiger partial charge in [-0.25, -0.2) is 0 Å². The number of aryl methyl sites for hydroxylation is 2. The minimum Gasteiger partial charge on any atom is -0.356 e. The summed E-state index contributed by atoms with van der Waals surface area (Å²) in [6, 6.07) is 6.45. The normalized spacial score (nSPS) is 10.8. The first kappa shape index (κ1) is 17.1. The lowest BCUT2D eigenvalue weighted by molar-refractivity contribution is -0.120. The van der Waals surface area contributed by atoms with Crippen molar-refractivity contribution in [1.82, 2.24) is 10.2 Å². The standard InChI is InChI=1S/C16H26N2OS/c1-13-6-7-15(12-14(13)2)20-11-8-16(19)17-9-5-10-18(3)4/h6-7,12H,5,8-11H2,1-4H3,(H,17,19). The quantitative estimate of drug-likeness (QED) is 0.591. The van der Waals surface area contributed by atoms with Crippen LogP contribution in [0.25, 0.3) is 0 Å². The molecule has 1 aromatic carbocycles. The Morgan fingerprint density at radius 3 is 2.65 bits per heavy atom. The first-order valence-corrected chi connectivity index (χ1v) is 8.09. The van der Waals surface area contributed by atoms with E-state index in [0.29, 0.717) is 6.42 Å². The van der Waals surface area contributed by atoms with Crippen molar-refractivity contribution in [3.05, 3.63) is 29.3 Å². The molecule has 4 heteroatoms. The van der Waals surface area contributed by atoms with Gasteiger partial charge in [-0.2, -0.15) is 0 Å². The van der Waals surface area contributed by atoms with E-state index in [0.717, 1.165) is 25.3 Å². The first-order valence-electron chi connectivity index (χ1n) is 7.10. The molecule has 112 valence electrons. The van der Waals surface area contributed by atoms with E-state index in [9.17, 15) is 4.79 Å². The van der Waals surface area contributed by atoms with Gasteiger partial charge in [-0.1, -0.05) is 6.07 Å². The fourth-order valence-electron chi connectivity index (χ4n) is 1.78. The van der Waals surface area contributed by atoms with Gasteiger partial charge in [0.15, 0.2) is 0 Å². The zero-order chi connectivity index (χ0) is 15.0. The highest BCUT2D eigenvalue weighted by molar-refractivity contribution is 7.99. The number of benzene rings is 1. The molecule has 1 rings (SSSR count). The second kappa shape index (κ2) is 9.03. The van der Waals surface area contributed by atoms with Crippen LogP contribution < -0.4 is 5.32 Å². The predicted octanol–water partition coefficient (Wildman–Crippen LogP) is 2.85. The van der Waals surface area contributed by atoms with Crippen molar-refractivity contribution in [1.29, 1.82) is 0 Å². The van der Waals surface area contributed by atoms with Crippen LogP contribution in [-0.4, -0.2) is 43.7 Å². The monoisotopic (exact) mass is 294 g/mol. The summed E-state index contributed by atoms with van der Waals surface area (Å²) in [6.07, 6.45) is 1.59. The number of amides is 1. The molecule has 0 saturated carbocycles. The van der Waals surface area contributed by atoms with Gasteiger partial charge in [0.1, 0.15) is 0 Å². The molecule has 0 unspecified atom stereocenters. The fraction of sp³-hybridized carbons (Fsp3) is 0.562. The second-order valence-electron chi connectivity index (χ2n) is 5.35. The fourth-order valence-corrected chi connectivity index (χ4v) is 2.72. The maximum absolute atomic E-state index is 11.7. The van der Waals surface area contributed by atoms with E-state index in [2.05, 4.69) is 42.3 Å². The Kier molecular flexibility index (Phi) is 7.70. The van der Waals surface area contributed by atoms with Crippen molar-refractivity contribution in [2.45, 2.75) is 31.6 Å². The Hall–Kier alpha value is -1.00. The van der Waals surface area contributed by atoms with E-state index in [1.54, 1.807) is 11.8 Å². The molecule has 0 radical (unpaired) electrons. The smallest absolute Gasteiger partial charge is 0.220 e. The van der Waals surface area contributed by atoms with Gasteiger partial charge in [-0.3, -0.25) is 4.79 Å². The van der Waals surface area contributed by atoms with Gasteiger partial charge in [0.25, 0.3) is 0 Å². The van der Waals surface area contributed by atoms with E-state index >= 15 is 0 Å². The molecule has 0 atom stereocenters. The summed E-state index contributed by atoms with van der Waals surface area (Å²) >= 11 is 1.75. The van der Waals surface area contributed by atoms with Crippen LogP contribution in [0.1, 0.15) is 24.0 Å². The zero-order valence-electron chi connectivity index (χ0n) is 13.0. The molecule has 0 spiro atoms. The number of carbonyl (C=O) groups is 1. The lowest BCUT2D eigenvalue weighted by atomic mass is 10.1. The van der Waals surface area contributed by atoms with Gasteiger partial charge in [0.2, 0.25) is 5.91 Å². The van der Waals surface area contributed by atoms with E-state index in [4.69, 9.17) is 0 Å². The van der Waals surface area contributed by atoms with Crippen molar-refractivity contribution >= 4 is 17.7 Å². The van der Waals surface area contributed by atoms with Crippen LogP contribution in [0, 0.1) is 13.8 Å². The van der Waals surface area contributed by atoms with Crippen LogP contribution in [0.15, 0.2) is 23.1 Å². The Labute approximate surface area is 127 Å². The van der Waals surface area contributed by atoms with Gasteiger partial charge in [0, 0.05) is 23.6 Å². The third kappa shape index (κ3) is 6.96. The lowest BCUT2D eigenvalue weighted by Gasteiger charge is -2.10. The van der Waals surface area contributed by atoms with Crippen LogP contribution in [-0.2, 0) is 4.79 Å². The van der Waals surface area contributed by atoms with Gasteiger partial charge in [-0.05, 0) is 64.2 Å². The molecule has 1 N–H and O–H groups in total. The van der Waals surface area contributed by atoms with Crippen LogP contribution in [0.5, 0.6) is 0 Å². The Morgan fingerprint density at radius 1 is 1.25 bits per heavy atom. The average molecular weight is 294 g/mol. The molecule has 0 aliphatic heterocycles. The van der Waals surface area contributed by atoms with Crippen molar-refractivity contribution in [2.24, 2.45) is 0 Å². The summed E-state index contributed by atoms with van der Waals surface area (Å²) in [5.41, 5.74) is 2.62. The molecule has 0 heterocycles. The predicted molar refractivity (Wildman–Crippen MR) is 87.4 cm³/mol. The maximum Gasteiger partial charge on any atom is 0.220 e. The van der Waals surface area contributed by atoms with Crippen LogP contribution >= 0.6 is 11.8 Å². The third-order valence-corrected chi connectivity index (χ3v) is 4.18. The van der Waals surface area contributed by atoms with Crippen molar-refractivity contribution < 1.29 is 4.79 Å². The summed E-state index contributed by atoms with van der Waals surface area (Å²) in [6.45, 7) is 6.02. The maximum atomic E-state index is 11.7. The summed E-state index contributed by atoms with van der Waals surface area (Å²) in [5.74, 6) is 0.988. The van der Waals surface area contributed by atoms with Crippen molar-refractivity contribution in [3.8, 4) is 0 Å². The molecule has 0 aliphatic rings. The van der Waals surface area contributed by atoms with Gasteiger partial charge >= 0.3 is 0 Å². The molecule has 20 heavy (non-hydrogen) atoms. The molecule has 3 nitrogen and oxygen atoms in total. The van der Waals surface area contributed by atoms with Crippen molar-refractivity contribution in [2.75, 3.05) is 32.9 Å². The second-order valence-corrected chi connectivity index (χ2v) is 6.52. The minimum atomic E-state index is 0.153. The van der Waals surface area contributed by atoms with E-state index in [1.807, 2.05) is 14.1 Å². The molecule has 0 saturated heterocycles. The molecular formula is C16H26N2OS. The number of rotatable bonds is 8. The minimum absolute atomic E-state index is 0.153. The molecule has 0 aliphatic carbocycles.